The maximum atomic E-state index is 4.60. The zero-order valence-corrected chi connectivity index (χ0v) is 14.7. The summed E-state index contributed by atoms with van der Waals surface area (Å²) in [5, 5.41) is 7.04. The summed E-state index contributed by atoms with van der Waals surface area (Å²) in [6.45, 7) is 7.53. The van der Waals surface area contributed by atoms with Crippen LogP contribution in [0.4, 0.5) is 0 Å². The molecule has 1 atom stereocenters. The van der Waals surface area contributed by atoms with Crippen LogP contribution in [-0.4, -0.2) is 23.3 Å². The van der Waals surface area contributed by atoms with Crippen LogP contribution in [0.25, 0.3) is 0 Å². The fourth-order valence-corrected chi connectivity index (χ4v) is 4.09. The van der Waals surface area contributed by atoms with Crippen molar-refractivity contribution in [3.8, 4) is 0 Å². The molecule has 0 spiro atoms. The predicted molar refractivity (Wildman–Crippen MR) is 94.5 cm³/mol. The van der Waals surface area contributed by atoms with Crippen LogP contribution in [0.1, 0.15) is 29.6 Å². The van der Waals surface area contributed by atoms with Crippen molar-refractivity contribution in [3.63, 3.8) is 0 Å². The average molecular weight is 321 g/mol. The molecule has 1 aromatic heterocycles. The molecule has 114 valence electrons. The van der Waals surface area contributed by atoms with Crippen LogP contribution in [-0.2, 0) is 6.42 Å². The first-order valence-electron chi connectivity index (χ1n) is 7.52. The number of thiazole rings is 1. The Balaban J connectivity index is 1.94. The number of nitrogens with one attached hydrogen (secondary N) is 1. The molecule has 0 aliphatic rings. The first-order chi connectivity index (χ1) is 10.2. The lowest BCUT2D eigenvalue weighted by Crippen LogP contribution is -2.34. The molecular weight excluding hydrogens is 296 g/mol. The van der Waals surface area contributed by atoms with E-state index in [9.17, 15) is 0 Å². The van der Waals surface area contributed by atoms with Crippen molar-refractivity contribution in [3.05, 3.63) is 45.9 Å². The molecule has 1 aromatic carbocycles. The third kappa shape index (κ3) is 5.46. The Hall–Kier alpha value is -0.840. The quantitative estimate of drug-likeness (QED) is 0.727. The SMILES string of the molecule is CCCNC(CSc1ccccc1C)Cc1nc(C)cs1. The van der Waals surface area contributed by atoms with Crippen molar-refractivity contribution in [1.29, 1.82) is 0 Å². The summed E-state index contributed by atoms with van der Waals surface area (Å²) in [4.78, 5) is 5.99. The Bertz CT molecular complexity index is 551. The van der Waals surface area contributed by atoms with E-state index in [0.717, 1.165) is 24.4 Å². The van der Waals surface area contributed by atoms with E-state index in [1.54, 1.807) is 11.3 Å². The van der Waals surface area contributed by atoms with Crippen LogP contribution in [0.2, 0.25) is 0 Å². The highest BCUT2D eigenvalue weighted by atomic mass is 32.2. The minimum absolute atomic E-state index is 0.486. The molecule has 0 bridgehead atoms. The first-order valence-corrected chi connectivity index (χ1v) is 9.38. The van der Waals surface area contributed by atoms with Gasteiger partial charge in [-0.1, -0.05) is 25.1 Å². The number of benzene rings is 1. The van der Waals surface area contributed by atoms with Crippen molar-refractivity contribution >= 4 is 23.1 Å². The number of thioether (sulfide) groups is 1. The molecule has 2 aromatic rings. The van der Waals surface area contributed by atoms with Gasteiger partial charge in [0.15, 0.2) is 0 Å². The van der Waals surface area contributed by atoms with Crippen LogP contribution in [0, 0.1) is 13.8 Å². The molecule has 1 N–H and O–H groups in total. The van der Waals surface area contributed by atoms with Gasteiger partial charge >= 0.3 is 0 Å². The Morgan fingerprint density at radius 2 is 2.10 bits per heavy atom. The highest BCUT2D eigenvalue weighted by molar-refractivity contribution is 7.99. The van der Waals surface area contributed by atoms with Crippen molar-refractivity contribution in [2.24, 2.45) is 0 Å². The fourth-order valence-electron chi connectivity index (χ4n) is 2.15. The molecule has 1 heterocycles. The molecule has 0 aliphatic carbocycles. The van der Waals surface area contributed by atoms with Gasteiger partial charge in [-0.15, -0.1) is 23.1 Å². The zero-order valence-electron chi connectivity index (χ0n) is 13.1. The van der Waals surface area contributed by atoms with E-state index in [0.29, 0.717) is 6.04 Å². The molecular formula is C17H24N2S2. The second-order valence-corrected chi connectivity index (χ2v) is 7.32. The third-order valence-electron chi connectivity index (χ3n) is 3.30. The van der Waals surface area contributed by atoms with E-state index in [1.807, 2.05) is 11.8 Å². The van der Waals surface area contributed by atoms with Crippen molar-refractivity contribution < 1.29 is 0 Å². The van der Waals surface area contributed by atoms with Gasteiger partial charge in [0.05, 0.1) is 5.01 Å². The second-order valence-electron chi connectivity index (χ2n) is 5.31. The topological polar surface area (TPSA) is 24.9 Å². The molecule has 0 fully saturated rings. The van der Waals surface area contributed by atoms with E-state index in [1.165, 1.54) is 21.9 Å². The highest BCUT2D eigenvalue weighted by Gasteiger charge is 2.12. The number of hydrogen-bond donors (Lipinski definition) is 1. The van der Waals surface area contributed by atoms with Gasteiger partial charge in [0.25, 0.3) is 0 Å². The standard InChI is InChI=1S/C17H24N2S2/c1-4-9-18-15(10-17-19-14(3)11-21-17)12-20-16-8-6-5-7-13(16)2/h5-8,11,15,18H,4,9-10,12H2,1-3H3. The third-order valence-corrected chi connectivity index (χ3v) is 5.63. The maximum Gasteiger partial charge on any atom is 0.0943 e. The van der Waals surface area contributed by atoms with Crippen molar-refractivity contribution in [1.82, 2.24) is 10.3 Å². The van der Waals surface area contributed by atoms with E-state index in [2.05, 4.69) is 60.7 Å². The molecule has 4 heteroatoms. The lowest BCUT2D eigenvalue weighted by Gasteiger charge is -2.17. The summed E-state index contributed by atoms with van der Waals surface area (Å²) in [5.41, 5.74) is 2.50. The number of rotatable bonds is 8. The number of hydrogen-bond acceptors (Lipinski definition) is 4. The Morgan fingerprint density at radius 1 is 1.29 bits per heavy atom. The first kappa shape index (κ1) is 16.5. The summed E-state index contributed by atoms with van der Waals surface area (Å²) >= 11 is 3.72. The largest absolute Gasteiger partial charge is 0.313 e. The molecule has 0 aliphatic heterocycles. The smallest absolute Gasteiger partial charge is 0.0943 e. The normalized spacial score (nSPS) is 12.5. The van der Waals surface area contributed by atoms with Gasteiger partial charge in [-0.05, 0) is 38.4 Å². The molecule has 2 rings (SSSR count). The number of nitrogens with zero attached hydrogens (tertiary/aromatic N) is 1. The van der Waals surface area contributed by atoms with Gasteiger partial charge in [-0.2, -0.15) is 0 Å². The summed E-state index contributed by atoms with van der Waals surface area (Å²) in [5.74, 6) is 1.09. The van der Waals surface area contributed by atoms with Gasteiger partial charge in [-0.3, -0.25) is 0 Å². The number of aryl methyl sites for hydroxylation is 2. The van der Waals surface area contributed by atoms with Crippen LogP contribution in [0.3, 0.4) is 0 Å². The molecule has 2 nitrogen and oxygen atoms in total. The predicted octanol–water partition coefficient (Wildman–Crippen LogP) is 4.46. The van der Waals surface area contributed by atoms with Crippen LogP contribution >= 0.6 is 23.1 Å². The van der Waals surface area contributed by atoms with Gasteiger partial charge in [-0.25, -0.2) is 4.98 Å². The zero-order chi connectivity index (χ0) is 15.1. The summed E-state index contributed by atoms with van der Waals surface area (Å²) < 4.78 is 0. The average Bonchev–Trinajstić information content (AvgIpc) is 2.88. The second kappa shape index (κ2) is 8.57. The molecule has 0 amide bonds. The van der Waals surface area contributed by atoms with E-state index in [4.69, 9.17) is 0 Å². The van der Waals surface area contributed by atoms with E-state index >= 15 is 0 Å². The highest BCUT2D eigenvalue weighted by Crippen LogP contribution is 2.23. The molecule has 1 unspecified atom stereocenters. The van der Waals surface area contributed by atoms with Crippen LogP contribution in [0.15, 0.2) is 34.5 Å². The lowest BCUT2D eigenvalue weighted by atomic mass is 10.2. The fraction of sp³-hybridized carbons (Fsp3) is 0.471. The Labute approximate surface area is 136 Å². The van der Waals surface area contributed by atoms with Gasteiger partial charge in [0.1, 0.15) is 0 Å². The lowest BCUT2D eigenvalue weighted by molar-refractivity contribution is 0.549. The van der Waals surface area contributed by atoms with Crippen LogP contribution < -0.4 is 5.32 Å². The molecule has 0 saturated carbocycles. The Morgan fingerprint density at radius 3 is 2.76 bits per heavy atom. The number of aromatic nitrogens is 1. The summed E-state index contributed by atoms with van der Waals surface area (Å²) in [6, 6.07) is 9.10. The summed E-state index contributed by atoms with van der Waals surface area (Å²) in [6.07, 6.45) is 2.19. The minimum Gasteiger partial charge on any atom is -0.313 e. The monoisotopic (exact) mass is 320 g/mol. The van der Waals surface area contributed by atoms with Crippen LogP contribution in [0.5, 0.6) is 0 Å². The van der Waals surface area contributed by atoms with E-state index < -0.39 is 0 Å². The minimum atomic E-state index is 0.486. The Kier molecular flexibility index (Phi) is 6.74. The van der Waals surface area contributed by atoms with E-state index in [-0.39, 0.29) is 0 Å². The van der Waals surface area contributed by atoms with Gasteiger partial charge in [0.2, 0.25) is 0 Å². The van der Waals surface area contributed by atoms with Crippen molar-refractivity contribution in [2.75, 3.05) is 12.3 Å². The van der Waals surface area contributed by atoms with Gasteiger partial charge < -0.3 is 5.32 Å². The van der Waals surface area contributed by atoms with Gasteiger partial charge in [0, 0.05) is 34.2 Å². The summed E-state index contributed by atoms with van der Waals surface area (Å²) in [7, 11) is 0. The van der Waals surface area contributed by atoms with Crippen molar-refractivity contribution in [2.45, 2.75) is 44.6 Å². The maximum absolute atomic E-state index is 4.60. The molecule has 21 heavy (non-hydrogen) atoms. The molecule has 0 radical (unpaired) electrons. The molecule has 0 saturated heterocycles.